The summed E-state index contributed by atoms with van der Waals surface area (Å²) in [5.74, 6) is -1.14. The highest BCUT2D eigenvalue weighted by molar-refractivity contribution is 7.47. The van der Waals surface area contributed by atoms with E-state index in [0.717, 1.165) is 0 Å². The zero-order valence-corrected chi connectivity index (χ0v) is 16.5. The first kappa shape index (κ1) is 25.4. The summed E-state index contributed by atoms with van der Waals surface area (Å²) in [5, 5.41) is 0. The zero-order chi connectivity index (χ0) is 20.7. The summed E-state index contributed by atoms with van der Waals surface area (Å²) in [6.07, 6.45) is 0. The SMILES string of the molecule is C=C(COCCOP(=O)(O)OCCOCC(=C)C(=O)OCC)C(=O)OCC. The molecule has 0 saturated heterocycles. The lowest BCUT2D eigenvalue weighted by Crippen LogP contribution is -2.14. The van der Waals surface area contributed by atoms with Gasteiger partial charge in [0.15, 0.2) is 0 Å². The van der Waals surface area contributed by atoms with Crippen molar-refractivity contribution in [2.45, 2.75) is 13.8 Å². The van der Waals surface area contributed by atoms with Crippen molar-refractivity contribution in [2.75, 3.05) is 52.9 Å². The van der Waals surface area contributed by atoms with Gasteiger partial charge in [-0.1, -0.05) is 13.2 Å². The summed E-state index contributed by atoms with van der Waals surface area (Å²) < 4.78 is 40.6. The van der Waals surface area contributed by atoms with Crippen LogP contribution in [0.1, 0.15) is 13.8 Å². The Hall–Kier alpha value is -1.55. The molecule has 0 aromatic rings. The van der Waals surface area contributed by atoms with E-state index in [9.17, 15) is 19.0 Å². The molecule has 0 aliphatic carbocycles. The number of ether oxygens (including phenoxy) is 4. The Kier molecular flexibility index (Phi) is 13.7. The molecule has 11 heteroatoms. The van der Waals surface area contributed by atoms with Gasteiger partial charge in [0.25, 0.3) is 0 Å². The molecule has 156 valence electrons. The Morgan fingerprint density at radius 2 is 1.19 bits per heavy atom. The van der Waals surface area contributed by atoms with Gasteiger partial charge < -0.3 is 23.8 Å². The van der Waals surface area contributed by atoms with Gasteiger partial charge in [-0.25, -0.2) is 14.2 Å². The lowest BCUT2D eigenvalue weighted by Gasteiger charge is -2.13. The molecule has 0 spiro atoms. The van der Waals surface area contributed by atoms with Crippen LogP contribution in [0.15, 0.2) is 24.3 Å². The van der Waals surface area contributed by atoms with Crippen LogP contribution in [0.4, 0.5) is 0 Å². The summed E-state index contributed by atoms with van der Waals surface area (Å²) in [5.41, 5.74) is 0.253. The molecule has 0 saturated carbocycles. The summed E-state index contributed by atoms with van der Waals surface area (Å²) in [4.78, 5) is 32.0. The topological polar surface area (TPSA) is 127 Å². The number of carbonyl (C=O) groups is 2. The van der Waals surface area contributed by atoms with Crippen molar-refractivity contribution in [3.63, 3.8) is 0 Å². The fourth-order valence-electron chi connectivity index (χ4n) is 1.44. The first-order valence-electron chi connectivity index (χ1n) is 8.20. The summed E-state index contributed by atoms with van der Waals surface area (Å²) in [6, 6.07) is 0. The molecule has 0 heterocycles. The largest absolute Gasteiger partial charge is 0.472 e. The van der Waals surface area contributed by atoms with E-state index >= 15 is 0 Å². The van der Waals surface area contributed by atoms with Gasteiger partial charge in [-0.05, 0) is 13.8 Å². The number of hydrogen-bond acceptors (Lipinski definition) is 9. The van der Waals surface area contributed by atoms with E-state index in [2.05, 4.69) is 22.2 Å². The van der Waals surface area contributed by atoms with Gasteiger partial charge in [0.05, 0.1) is 64.0 Å². The number of hydrogen-bond donors (Lipinski definition) is 1. The molecule has 1 N–H and O–H groups in total. The average molecular weight is 410 g/mol. The average Bonchev–Trinajstić information content (AvgIpc) is 2.60. The second kappa shape index (κ2) is 14.5. The second-order valence-corrected chi connectivity index (χ2v) is 6.34. The number of rotatable bonds is 16. The molecule has 0 fully saturated rings. The van der Waals surface area contributed by atoms with Gasteiger partial charge in [0.2, 0.25) is 0 Å². The van der Waals surface area contributed by atoms with Crippen LogP contribution < -0.4 is 0 Å². The van der Waals surface area contributed by atoms with Crippen LogP contribution in [0, 0.1) is 0 Å². The molecule has 0 radical (unpaired) electrons. The lowest BCUT2D eigenvalue weighted by molar-refractivity contribution is -0.140. The molecule has 0 atom stereocenters. The molecule has 0 rings (SSSR count). The predicted molar refractivity (Wildman–Crippen MR) is 94.9 cm³/mol. The van der Waals surface area contributed by atoms with E-state index in [0.29, 0.717) is 0 Å². The molecule has 27 heavy (non-hydrogen) atoms. The van der Waals surface area contributed by atoms with Crippen LogP contribution in [-0.4, -0.2) is 69.7 Å². The fourth-order valence-corrected chi connectivity index (χ4v) is 2.12. The van der Waals surface area contributed by atoms with Gasteiger partial charge >= 0.3 is 19.8 Å². The van der Waals surface area contributed by atoms with E-state index in [1.807, 2.05) is 0 Å². The van der Waals surface area contributed by atoms with Crippen LogP contribution in [-0.2, 0) is 42.1 Å². The highest BCUT2D eigenvalue weighted by Crippen LogP contribution is 2.42. The smallest absolute Gasteiger partial charge is 0.463 e. The molecule has 10 nitrogen and oxygen atoms in total. The van der Waals surface area contributed by atoms with Crippen LogP contribution in [0.2, 0.25) is 0 Å². The van der Waals surface area contributed by atoms with Crippen LogP contribution in [0.3, 0.4) is 0 Å². The van der Waals surface area contributed by atoms with Crippen LogP contribution in [0.5, 0.6) is 0 Å². The molecular weight excluding hydrogens is 383 g/mol. The minimum atomic E-state index is -4.27. The number of esters is 2. The molecule has 0 unspecified atom stereocenters. The Balaban J connectivity index is 3.79. The maximum Gasteiger partial charge on any atom is 0.472 e. The molecular formula is C16H27O10P. The maximum absolute atomic E-state index is 11.6. The van der Waals surface area contributed by atoms with Crippen molar-refractivity contribution in [3.8, 4) is 0 Å². The van der Waals surface area contributed by atoms with E-state index in [4.69, 9.17) is 18.9 Å². The standard InChI is InChI=1S/C16H27O10P/c1-5-23-15(17)13(3)11-21-7-9-25-27(19,20)26-10-8-22-12-14(4)16(18)24-6-2/h3-12H2,1-2H3,(H,19,20). The number of carbonyl (C=O) groups excluding carboxylic acids is 2. The highest BCUT2D eigenvalue weighted by Gasteiger charge is 2.20. The van der Waals surface area contributed by atoms with E-state index in [1.54, 1.807) is 13.8 Å². The van der Waals surface area contributed by atoms with Gasteiger partial charge in [0, 0.05) is 0 Å². The van der Waals surface area contributed by atoms with Crippen molar-refractivity contribution in [3.05, 3.63) is 24.3 Å². The Labute approximate surface area is 158 Å². The molecule has 0 amide bonds. The van der Waals surface area contributed by atoms with Crippen molar-refractivity contribution in [2.24, 2.45) is 0 Å². The third-order valence-corrected chi connectivity index (χ3v) is 3.66. The second-order valence-electron chi connectivity index (χ2n) is 4.89. The number of phosphoric ester groups is 1. The monoisotopic (exact) mass is 410 g/mol. The molecule has 0 aromatic heterocycles. The van der Waals surface area contributed by atoms with Gasteiger partial charge in [-0.15, -0.1) is 0 Å². The highest BCUT2D eigenvalue weighted by atomic mass is 31.2. The zero-order valence-electron chi connectivity index (χ0n) is 15.6. The van der Waals surface area contributed by atoms with Crippen molar-refractivity contribution in [1.82, 2.24) is 0 Å². The number of phosphoric acid groups is 1. The minimum Gasteiger partial charge on any atom is -0.463 e. The summed E-state index contributed by atoms with van der Waals surface area (Å²) in [6.45, 7) is 10.0. The third-order valence-electron chi connectivity index (χ3n) is 2.65. The first-order valence-corrected chi connectivity index (χ1v) is 9.70. The van der Waals surface area contributed by atoms with Crippen molar-refractivity contribution < 1.29 is 47.0 Å². The van der Waals surface area contributed by atoms with E-state index < -0.39 is 19.8 Å². The Bertz CT molecular complexity index is 501. The summed E-state index contributed by atoms with van der Waals surface area (Å²) in [7, 11) is -4.27. The van der Waals surface area contributed by atoms with Crippen LogP contribution in [0.25, 0.3) is 0 Å². The minimum absolute atomic E-state index is 0.0534. The van der Waals surface area contributed by atoms with Gasteiger partial charge in [-0.2, -0.15) is 0 Å². The molecule has 0 aliphatic rings. The van der Waals surface area contributed by atoms with E-state index in [-0.39, 0.29) is 64.0 Å². The molecule has 0 bridgehead atoms. The van der Waals surface area contributed by atoms with Gasteiger partial charge in [0.1, 0.15) is 0 Å². The maximum atomic E-state index is 11.6. The van der Waals surface area contributed by atoms with Crippen LogP contribution >= 0.6 is 7.82 Å². The Morgan fingerprint density at radius 1 is 0.815 bits per heavy atom. The van der Waals surface area contributed by atoms with Gasteiger partial charge in [-0.3, -0.25) is 9.05 Å². The predicted octanol–water partition coefficient (Wildman–Crippen LogP) is 1.39. The van der Waals surface area contributed by atoms with Crippen molar-refractivity contribution >= 4 is 19.8 Å². The third kappa shape index (κ3) is 13.3. The Morgan fingerprint density at radius 3 is 1.52 bits per heavy atom. The van der Waals surface area contributed by atoms with Crippen molar-refractivity contribution in [1.29, 1.82) is 0 Å². The lowest BCUT2D eigenvalue weighted by atomic mass is 10.3. The molecule has 0 aliphatic heterocycles. The fraction of sp³-hybridized carbons (Fsp3) is 0.625. The quantitative estimate of drug-likeness (QED) is 0.173. The molecule has 0 aromatic carbocycles. The van der Waals surface area contributed by atoms with E-state index in [1.165, 1.54) is 0 Å². The normalized spacial score (nSPS) is 11.1. The first-order chi connectivity index (χ1) is 12.7. The summed E-state index contributed by atoms with van der Waals surface area (Å²) >= 11 is 0.